The predicted molar refractivity (Wildman–Crippen MR) is 81.6 cm³/mol. The maximum Gasteiger partial charge on any atom is 0.167 e. The molecule has 0 saturated carbocycles. The fourth-order valence-corrected chi connectivity index (χ4v) is 3.46. The SMILES string of the molecule is Cc1c(C#N)c(N2CCCCC2)nc2c1C(=O)C(C)CC2. The molecule has 1 saturated heterocycles. The van der Waals surface area contributed by atoms with Crippen LogP contribution < -0.4 is 4.90 Å². The van der Waals surface area contributed by atoms with Crippen LogP contribution in [-0.4, -0.2) is 23.9 Å². The number of anilines is 1. The molecule has 0 aromatic carbocycles. The van der Waals surface area contributed by atoms with Crippen LogP contribution >= 0.6 is 0 Å². The molecular formula is C17H21N3O. The maximum absolute atomic E-state index is 12.4. The Bertz CT molecular complexity index is 624. The number of carbonyl (C=O) groups excluding carboxylic acids is 1. The third kappa shape index (κ3) is 2.31. The zero-order valence-electron chi connectivity index (χ0n) is 12.8. The number of fused-ring (bicyclic) bond motifs is 1. The molecule has 2 heterocycles. The maximum atomic E-state index is 12.4. The summed E-state index contributed by atoms with van der Waals surface area (Å²) in [5.74, 6) is 1.00. The van der Waals surface area contributed by atoms with Crippen molar-refractivity contribution in [2.24, 2.45) is 5.92 Å². The number of piperidine rings is 1. The van der Waals surface area contributed by atoms with Gasteiger partial charge >= 0.3 is 0 Å². The van der Waals surface area contributed by atoms with Crippen molar-refractivity contribution in [3.05, 3.63) is 22.4 Å². The summed E-state index contributed by atoms with van der Waals surface area (Å²) in [4.78, 5) is 19.4. The molecule has 1 atom stereocenters. The van der Waals surface area contributed by atoms with Gasteiger partial charge in [-0.3, -0.25) is 4.79 Å². The fourth-order valence-electron chi connectivity index (χ4n) is 3.46. The van der Waals surface area contributed by atoms with E-state index >= 15 is 0 Å². The minimum Gasteiger partial charge on any atom is -0.356 e. The molecule has 21 heavy (non-hydrogen) atoms. The van der Waals surface area contributed by atoms with Crippen LogP contribution in [0.25, 0.3) is 0 Å². The number of ketones is 1. The molecule has 2 aliphatic rings. The van der Waals surface area contributed by atoms with E-state index in [0.29, 0.717) is 11.1 Å². The van der Waals surface area contributed by atoms with Crippen molar-refractivity contribution in [1.82, 2.24) is 4.98 Å². The van der Waals surface area contributed by atoms with Gasteiger partial charge in [0.2, 0.25) is 0 Å². The lowest BCUT2D eigenvalue weighted by Crippen LogP contribution is -2.32. The van der Waals surface area contributed by atoms with Crippen molar-refractivity contribution < 1.29 is 4.79 Å². The number of hydrogen-bond acceptors (Lipinski definition) is 4. The standard InChI is InChI=1S/C17H21N3O/c1-11-6-7-14-15(16(11)21)12(2)13(10-18)17(19-14)20-8-4-3-5-9-20/h11H,3-9H2,1-2H3. The minimum absolute atomic E-state index is 0.0466. The van der Waals surface area contributed by atoms with E-state index in [0.717, 1.165) is 55.8 Å². The van der Waals surface area contributed by atoms with Gasteiger partial charge in [0.1, 0.15) is 11.9 Å². The van der Waals surface area contributed by atoms with Gasteiger partial charge in [-0.25, -0.2) is 4.98 Å². The number of rotatable bonds is 1. The molecule has 4 heteroatoms. The highest BCUT2D eigenvalue weighted by atomic mass is 16.1. The van der Waals surface area contributed by atoms with Crippen molar-refractivity contribution >= 4 is 11.6 Å². The van der Waals surface area contributed by atoms with Crippen LogP contribution in [0.15, 0.2) is 0 Å². The average Bonchev–Trinajstić information content (AvgIpc) is 2.51. The van der Waals surface area contributed by atoms with Crippen molar-refractivity contribution in [3.63, 3.8) is 0 Å². The van der Waals surface area contributed by atoms with Gasteiger partial charge in [-0.2, -0.15) is 5.26 Å². The van der Waals surface area contributed by atoms with Gasteiger partial charge in [-0.1, -0.05) is 6.92 Å². The normalized spacial score (nSPS) is 21.9. The van der Waals surface area contributed by atoms with Crippen molar-refractivity contribution in [1.29, 1.82) is 5.26 Å². The van der Waals surface area contributed by atoms with Gasteiger partial charge in [0.05, 0.1) is 11.3 Å². The van der Waals surface area contributed by atoms with Crippen molar-refractivity contribution in [2.45, 2.75) is 46.0 Å². The van der Waals surface area contributed by atoms with Crippen molar-refractivity contribution in [3.8, 4) is 6.07 Å². The molecule has 0 radical (unpaired) electrons. The molecule has 1 unspecified atom stereocenters. The third-order valence-electron chi connectivity index (χ3n) is 4.78. The Hall–Kier alpha value is -1.89. The minimum atomic E-state index is 0.0466. The summed E-state index contributed by atoms with van der Waals surface area (Å²) in [7, 11) is 0. The lowest BCUT2D eigenvalue weighted by Gasteiger charge is -2.31. The largest absolute Gasteiger partial charge is 0.356 e. The number of nitriles is 1. The number of pyridine rings is 1. The van der Waals surface area contributed by atoms with Gasteiger partial charge in [0, 0.05) is 24.6 Å². The lowest BCUT2D eigenvalue weighted by atomic mass is 9.83. The number of aromatic nitrogens is 1. The molecule has 1 aromatic rings. The van der Waals surface area contributed by atoms with Crippen LogP contribution in [0.2, 0.25) is 0 Å². The molecule has 110 valence electrons. The van der Waals surface area contributed by atoms with E-state index in [-0.39, 0.29) is 11.7 Å². The van der Waals surface area contributed by atoms with Gasteiger partial charge in [0.25, 0.3) is 0 Å². The van der Waals surface area contributed by atoms with Gasteiger partial charge in [-0.05, 0) is 44.6 Å². The summed E-state index contributed by atoms with van der Waals surface area (Å²) in [6, 6.07) is 2.29. The van der Waals surface area contributed by atoms with E-state index in [1.165, 1.54) is 6.42 Å². The molecule has 1 aliphatic heterocycles. The third-order valence-corrected chi connectivity index (χ3v) is 4.78. The summed E-state index contributed by atoms with van der Waals surface area (Å²) in [6.07, 6.45) is 5.26. The highest BCUT2D eigenvalue weighted by molar-refractivity contribution is 6.01. The lowest BCUT2D eigenvalue weighted by molar-refractivity contribution is 0.0911. The van der Waals surface area contributed by atoms with Crippen LogP contribution in [0.5, 0.6) is 0 Å². The second-order valence-corrected chi connectivity index (χ2v) is 6.22. The van der Waals surface area contributed by atoms with Crippen LogP contribution in [0.1, 0.15) is 59.8 Å². The van der Waals surface area contributed by atoms with Crippen LogP contribution in [-0.2, 0) is 6.42 Å². The molecule has 3 rings (SSSR count). The Morgan fingerprint density at radius 1 is 1.29 bits per heavy atom. The number of nitrogens with zero attached hydrogens (tertiary/aromatic N) is 3. The van der Waals surface area contributed by atoms with Crippen LogP contribution in [0, 0.1) is 24.2 Å². The Labute approximate surface area is 125 Å². The zero-order chi connectivity index (χ0) is 15.0. The molecule has 1 aromatic heterocycles. The van der Waals surface area contributed by atoms with E-state index in [4.69, 9.17) is 4.98 Å². The van der Waals surface area contributed by atoms with Gasteiger partial charge in [-0.15, -0.1) is 0 Å². The molecule has 0 spiro atoms. The smallest absolute Gasteiger partial charge is 0.167 e. The molecule has 0 bridgehead atoms. The zero-order valence-corrected chi connectivity index (χ0v) is 12.8. The highest BCUT2D eigenvalue weighted by Gasteiger charge is 2.30. The Kier molecular flexibility index (Phi) is 3.67. The number of hydrogen-bond donors (Lipinski definition) is 0. The highest BCUT2D eigenvalue weighted by Crippen LogP contribution is 2.33. The monoisotopic (exact) mass is 283 g/mol. The first kappa shape index (κ1) is 14.1. The molecule has 0 N–H and O–H groups in total. The van der Waals surface area contributed by atoms with E-state index in [1.54, 1.807) is 0 Å². The number of Topliss-reactive ketones (excluding diaryl/α,β-unsaturated/α-hetero) is 1. The van der Waals surface area contributed by atoms with Gasteiger partial charge < -0.3 is 4.90 Å². The van der Waals surface area contributed by atoms with Gasteiger partial charge in [0.15, 0.2) is 5.78 Å². The number of carbonyl (C=O) groups is 1. The average molecular weight is 283 g/mol. The van der Waals surface area contributed by atoms with Crippen LogP contribution in [0.4, 0.5) is 5.82 Å². The summed E-state index contributed by atoms with van der Waals surface area (Å²) in [6.45, 7) is 5.80. The summed E-state index contributed by atoms with van der Waals surface area (Å²) >= 11 is 0. The summed E-state index contributed by atoms with van der Waals surface area (Å²) < 4.78 is 0. The Morgan fingerprint density at radius 3 is 2.67 bits per heavy atom. The molecule has 4 nitrogen and oxygen atoms in total. The van der Waals surface area contributed by atoms with E-state index < -0.39 is 0 Å². The topological polar surface area (TPSA) is 57.0 Å². The predicted octanol–water partition coefficient (Wildman–Crippen LogP) is 3.02. The molecular weight excluding hydrogens is 262 g/mol. The quantitative estimate of drug-likeness (QED) is 0.795. The van der Waals surface area contributed by atoms with E-state index in [2.05, 4.69) is 11.0 Å². The summed E-state index contributed by atoms with van der Waals surface area (Å²) in [5, 5.41) is 9.56. The Morgan fingerprint density at radius 2 is 2.00 bits per heavy atom. The first-order valence-corrected chi connectivity index (χ1v) is 7.86. The van der Waals surface area contributed by atoms with E-state index in [9.17, 15) is 10.1 Å². The first-order valence-electron chi connectivity index (χ1n) is 7.86. The van der Waals surface area contributed by atoms with Crippen molar-refractivity contribution in [2.75, 3.05) is 18.0 Å². The Balaban J connectivity index is 2.13. The second-order valence-electron chi connectivity index (χ2n) is 6.22. The number of aryl methyl sites for hydroxylation is 1. The fraction of sp³-hybridized carbons (Fsp3) is 0.588. The second kappa shape index (κ2) is 5.48. The molecule has 1 fully saturated rings. The van der Waals surface area contributed by atoms with E-state index in [1.807, 2.05) is 13.8 Å². The molecule has 1 aliphatic carbocycles. The van der Waals surface area contributed by atoms with Crippen LogP contribution in [0.3, 0.4) is 0 Å². The first-order chi connectivity index (χ1) is 10.1. The molecule has 0 amide bonds. The summed E-state index contributed by atoms with van der Waals surface area (Å²) in [5.41, 5.74) is 3.04.